The average molecular weight is 237 g/mol. The SMILES string of the molecule is [B]B([B])B([B]B(B([B])[B]C)B(B(C)C)B(C)C)B([B])[B]. The minimum absolute atomic E-state index is 0.0511. The van der Waals surface area contributed by atoms with Gasteiger partial charge < -0.3 is 0 Å². The summed E-state index contributed by atoms with van der Waals surface area (Å²) in [4.78, 5) is 0. The Labute approximate surface area is 138 Å². The van der Waals surface area contributed by atoms with Crippen molar-refractivity contribution in [2.75, 3.05) is 0 Å². The monoisotopic (exact) mass is 240 g/mol. The van der Waals surface area contributed by atoms with Gasteiger partial charge in [0.05, 0.1) is 20.4 Å². The van der Waals surface area contributed by atoms with Crippen LogP contribution in [0.1, 0.15) is 0 Å². The minimum atomic E-state index is -0.568. The van der Waals surface area contributed by atoms with Gasteiger partial charge in [-0.05, 0) is 0 Å². The normalized spacial score (nSPS) is 9.25. The molecule has 0 rings (SSSR count). The van der Waals surface area contributed by atoms with Crippen LogP contribution in [0.15, 0.2) is 0 Å². The largest absolute Gasteiger partial charge is 0.101 e. The fourth-order valence-electron chi connectivity index (χ4n) is 3.16. The van der Waals surface area contributed by atoms with Crippen LogP contribution in [-0.2, 0) is 0 Å². The second-order valence-electron chi connectivity index (χ2n) is 6.48. The van der Waals surface area contributed by atoms with E-state index in [1.54, 1.807) is 0 Å². The Morgan fingerprint density at radius 2 is 1.10 bits per heavy atom. The Hall–Kier alpha value is 0.974. The zero-order chi connectivity index (χ0) is 16.0. The molecule has 0 aromatic heterocycles. The lowest BCUT2D eigenvalue weighted by molar-refractivity contribution is 2.05. The van der Waals surface area contributed by atoms with Crippen molar-refractivity contribution in [2.24, 2.45) is 0 Å². The minimum Gasteiger partial charge on any atom is -0.101 e. The molecule has 0 bridgehead atoms. The lowest BCUT2D eigenvalue weighted by Crippen LogP contribution is -2.72. The maximum atomic E-state index is 6.29. The standard InChI is InChI=1S/C5H15B15/c1-11-17(10)19(20(13(2)3)14(4)5)12-18(15(6)7)16(8)9/h1-5H3. The lowest BCUT2D eigenvalue weighted by atomic mass is 8.49. The van der Waals surface area contributed by atoms with Crippen LogP contribution in [0.5, 0.6) is 0 Å². The van der Waals surface area contributed by atoms with Gasteiger partial charge in [-0.1, -0.05) is 27.3 Å². The molecule has 80 valence electrons. The maximum Gasteiger partial charge on any atom is 0.0850 e. The molecule has 0 unspecified atom stereocenters. The summed E-state index contributed by atoms with van der Waals surface area (Å²) in [5.74, 6) is 0. The molecule has 0 spiro atoms. The van der Waals surface area contributed by atoms with Gasteiger partial charge in [-0.2, -0.15) is 0 Å². The number of rotatable bonds is 9. The molecule has 0 nitrogen and oxygen atoms in total. The first kappa shape index (κ1) is 21.0. The van der Waals surface area contributed by atoms with E-state index in [4.69, 9.17) is 38.7 Å². The summed E-state index contributed by atoms with van der Waals surface area (Å²) in [7, 11) is 33.7. The van der Waals surface area contributed by atoms with Crippen molar-refractivity contribution in [3.8, 4) is 0 Å². The summed E-state index contributed by atoms with van der Waals surface area (Å²) in [6, 6.07) is 0. The molecule has 0 aromatic carbocycles. The van der Waals surface area contributed by atoms with Crippen LogP contribution in [0.25, 0.3) is 0 Å². The Kier molecular flexibility index (Phi) is 10.4. The van der Waals surface area contributed by atoms with Crippen LogP contribution in [-0.4, -0.2) is 104 Å². The Morgan fingerprint density at radius 1 is 0.700 bits per heavy atom. The van der Waals surface area contributed by atoms with Crippen LogP contribution in [0.2, 0.25) is 34.1 Å². The first-order chi connectivity index (χ1) is 9.13. The fourth-order valence-corrected chi connectivity index (χ4v) is 3.16. The van der Waals surface area contributed by atoms with Crippen molar-refractivity contribution < 1.29 is 0 Å². The molecule has 0 fully saturated rings. The third-order valence-electron chi connectivity index (χ3n) is 4.15. The molecule has 12 radical (unpaired) electrons. The lowest BCUT2D eigenvalue weighted by Gasteiger charge is -2.35. The molecule has 0 amide bonds. The van der Waals surface area contributed by atoms with Crippen LogP contribution < -0.4 is 0 Å². The van der Waals surface area contributed by atoms with E-state index in [-0.39, 0.29) is 19.2 Å². The van der Waals surface area contributed by atoms with Gasteiger partial charge in [-0.15, -0.1) is 6.82 Å². The third kappa shape index (κ3) is 6.39. The van der Waals surface area contributed by atoms with Crippen molar-refractivity contribution in [2.45, 2.75) is 34.1 Å². The van der Waals surface area contributed by atoms with Gasteiger partial charge in [0.25, 0.3) is 0 Å². The molecule has 0 saturated heterocycles. The average Bonchev–Trinajstić information content (AvgIpc) is 2.30. The molecule has 0 heterocycles. The molecule has 0 N–H and O–H groups in total. The summed E-state index contributed by atoms with van der Waals surface area (Å²) >= 11 is 0. The van der Waals surface area contributed by atoms with Crippen LogP contribution in [0.3, 0.4) is 0 Å². The molecular formula is C5H15B15. The van der Waals surface area contributed by atoms with Crippen molar-refractivity contribution >= 4 is 104 Å². The summed E-state index contributed by atoms with van der Waals surface area (Å²) < 4.78 is 0. The van der Waals surface area contributed by atoms with Crippen LogP contribution in [0.4, 0.5) is 0 Å². The second-order valence-corrected chi connectivity index (χ2v) is 6.48. The van der Waals surface area contributed by atoms with E-state index in [2.05, 4.69) is 34.4 Å². The van der Waals surface area contributed by atoms with Crippen molar-refractivity contribution in [1.82, 2.24) is 0 Å². The van der Waals surface area contributed by atoms with E-state index in [0.717, 1.165) is 0 Å². The predicted octanol–water partition coefficient (Wildman–Crippen LogP) is -2.79. The van der Waals surface area contributed by atoms with Gasteiger partial charge in [-0.25, -0.2) is 0 Å². The van der Waals surface area contributed by atoms with Crippen molar-refractivity contribution in [3.63, 3.8) is 0 Å². The quantitative estimate of drug-likeness (QED) is 0.380. The highest BCUT2D eigenvalue weighted by molar-refractivity contribution is 8.07. The smallest absolute Gasteiger partial charge is 0.0850 e. The molecule has 15 heteroatoms. The van der Waals surface area contributed by atoms with E-state index in [1.807, 2.05) is 14.0 Å². The molecule has 0 aliphatic carbocycles. The first-order valence-corrected chi connectivity index (χ1v) is 7.55. The Balaban J connectivity index is 5.23. The van der Waals surface area contributed by atoms with E-state index >= 15 is 0 Å². The summed E-state index contributed by atoms with van der Waals surface area (Å²) in [5, 5.41) is 0. The van der Waals surface area contributed by atoms with Gasteiger partial charge in [0.2, 0.25) is 0 Å². The van der Waals surface area contributed by atoms with Crippen molar-refractivity contribution in [3.05, 3.63) is 0 Å². The van der Waals surface area contributed by atoms with E-state index in [9.17, 15) is 0 Å². The molecular weight excluding hydrogens is 222 g/mol. The fraction of sp³-hybridized carbons (Fsp3) is 1.00. The molecule has 0 aromatic rings. The predicted molar refractivity (Wildman–Crippen MR) is 116 cm³/mol. The molecule has 0 atom stereocenters. The molecule has 0 saturated carbocycles. The summed E-state index contributed by atoms with van der Waals surface area (Å²) in [6.45, 7) is 11.8. The molecule has 0 aliphatic rings. The van der Waals surface area contributed by atoms with Gasteiger partial charge >= 0.3 is 0 Å². The zero-order valence-electron chi connectivity index (χ0n) is 13.7. The topological polar surface area (TPSA) is 0 Å². The van der Waals surface area contributed by atoms with E-state index in [0.29, 0.717) is 19.6 Å². The van der Waals surface area contributed by atoms with Gasteiger partial charge in [0, 0.05) is 84.1 Å². The second kappa shape index (κ2) is 9.88. The van der Waals surface area contributed by atoms with Gasteiger partial charge in [-0.3, -0.25) is 0 Å². The number of hydrogen-bond donors (Lipinski definition) is 0. The van der Waals surface area contributed by atoms with Crippen molar-refractivity contribution in [1.29, 1.82) is 0 Å². The Morgan fingerprint density at radius 3 is 1.35 bits per heavy atom. The zero-order valence-corrected chi connectivity index (χ0v) is 13.7. The highest BCUT2D eigenvalue weighted by atomic mass is 13.4. The third-order valence-corrected chi connectivity index (χ3v) is 4.15. The molecule has 20 heavy (non-hydrogen) atoms. The maximum absolute atomic E-state index is 6.29. The first-order valence-electron chi connectivity index (χ1n) is 7.55. The van der Waals surface area contributed by atoms with E-state index < -0.39 is 12.8 Å². The van der Waals surface area contributed by atoms with Crippen LogP contribution >= 0.6 is 0 Å². The summed E-state index contributed by atoms with van der Waals surface area (Å²) in [5.41, 5.74) is 0. The van der Waals surface area contributed by atoms with Gasteiger partial charge in [0.15, 0.2) is 0 Å². The summed E-state index contributed by atoms with van der Waals surface area (Å²) in [6.07, 6.45) is -0.839. The highest BCUT2D eigenvalue weighted by Gasteiger charge is 2.39. The molecule has 0 aliphatic heterocycles. The number of hydrogen-bond acceptors (Lipinski definition) is 0. The Bertz CT molecular complexity index is 237. The van der Waals surface area contributed by atoms with Gasteiger partial charge in [0.1, 0.15) is 0 Å². The van der Waals surface area contributed by atoms with E-state index in [1.165, 1.54) is 0 Å². The highest BCUT2D eigenvalue weighted by Crippen LogP contribution is 2.05. The van der Waals surface area contributed by atoms with Crippen LogP contribution in [0, 0.1) is 0 Å².